The zero-order valence-electron chi connectivity index (χ0n) is 6.07. The van der Waals surface area contributed by atoms with Crippen LogP contribution in [0.4, 0.5) is 0 Å². The summed E-state index contributed by atoms with van der Waals surface area (Å²) >= 11 is 0. The second-order valence-corrected chi connectivity index (χ2v) is 1.96. The molecule has 0 bridgehead atoms. The van der Waals surface area contributed by atoms with Crippen molar-refractivity contribution < 1.29 is 0 Å². The number of hydrogen-bond donors (Lipinski definition) is 1. The van der Waals surface area contributed by atoms with E-state index in [0.29, 0.717) is 5.84 Å². The fraction of sp³-hybridized carbons (Fsp3) is 0.714. The summed E-state index contributed by atoms with van der Waals surface area (Å²) in [6.07, 6.45) is 5.96. The summed E-state index contributed by atoms with van der Waals surface area (Å²) in [5.41, 5.74) is 0. The van der Waals surface area contributed by atoms with Gasteiger partial charge in [-0.25, -0.2) is 4.99 Å². The minimum atomic E-state index is 0.339. The van der Waals surface area contributed by atoms with Crippen LogP contribution in [0.15, 0.2) is 4.99 Å². The molecule has 0 aromatic rings. The van der Waals surface area contributed by atoms with Crippen molar-refractivity contribution in [2.75, 3.05) is 0 Å². The fourth-order valence-electron chi connectivity index (χ4n) is 0.430. The molecule has 0 aromatic carbocycles. The van der Waals surface area contributed by atoms with E-state index in [4.69, 9.17) is 5.41 Å². The maximum absolute atomic E-state index is 6.90. The average Bonchev–Trinajstić information content (AvgIpc) is 1.80. The van der Waals surface area contributed by atoms with E-state index in [9.17, 15) is 0 Å². The summed E-state index contributed by atoms with van der Waals surface area (Å²) in [6.45, 7) is 3.78. The maximum Gasteiger partial charge on any atom is 0.117 e. The highest BCUT2D eigenvalue weighted by Crippen LogP contribution is 1.89. The van der Waals surface area contributed by atoms with Crippen molar-refractivity contribution in [3.63, 3.8) is 0 Å². The van der Waals surface area contributed by atoms with E-state index in [2.05, 4.69) is 18.1 Å². The molecule has 0 amide bonds. The summed E-state index contributed by atoms with van der Waals surface area (Å²) in [7, 11) is 0. The number of unbranched alkanes of at least 4 members (excludes halogenated alkanes) is 2. The standard InChI is InChI=1S/C7H13N2/c1-3-4-5-6-9-7(2)8/h8H,3-5H2,1-2H3. The van der Waals surface area contributed by atoms with Gasteiger partial charge in [0.05, 0.1) is 6.21 Å². The first kappa shape index (κ1) is 8.34. The van der Waals surface area contributed by atoms with E-state index < -0.39 is 0 Å². The summed E-state index contributed by atoms with van der Waals surface area (Å²) < 4.78 is 0. The Morgan fingerprint density at radius 1 is 1.67 bits per heavy atom. The molecule has 0 saturated heterocycles. The molecule has 0 spiro atoms. The van der Waals surface area contributed by atoms with Crippen LogP contribution < -0.4 is 0 Å². The second-order valence-electron chi connectivity index (χ2n) is 1.96. The van der Waals surface area contributed by atoms with Crippen LogP contribution in [0.2, 0.25) is 0 Å². The van der Waals surface area contributed by atoms with Crippen LogP contribution in [0.25, 0.3) is 0 Å². The first-order chi connectivity index (χ1) is 4.27. The lowest BCUT2D eigenvalue weighted by Gasteiger charge is -1.85. The fourth-order valence-corrected chi connectivity index (χ4v) is 0.430. The molecule has 1 N–H and O–H groups in total. The SMILES string of the molecule is CCCC/[C]=N/C(C)=N. The molecule has 0 aromatic heterocycles. The molecule has 0 fully saturated rings. The number of aliphatic imine (C=N–C) groups is 1. The van der Waals surface area contributed by atoms with Gasteiger partial charge in [-0.1, -0.05) is 13.3 Å². The van der Waals surface area contributed by atoms with E-state index in [-0.39, 0.29) is 0 Å². The first-order valence-electron chi connectivity index (χ1n) is 3.26. The Hall–Kier alpha value is -0.660. The predicted molar refractivity (Wildman–Crippen MR) is 40.4 cm³/mol. The first-order valence-corrected chi connectivity index (χ1v) is 3.26. The molecule has 0 aliphatic carbocycles. The number of nitrogens with one attached hydrogen (secondary N) is 1. The van der Waals surface area contributed by atoms with Crippen LogP contribution >= 0.6 is 0 Å². The molecule has 2 nitrogen and oxygen atoms in total. The molecular formula is C7H13N2. The van der Waals surface area contributed by atoms with Crippen molar-refractivity contribution in [1.82, 2.24) is 0 Å². The highest BCUT2D eigenvalue weighted by atomic mass is 14.8. The average molecular weight is 125 g/mol. The Morgan fingerprint density at radius 3 is 2.78 bits per heavy atom. The zero-order valence-corrected chi connectivity index (χ0v) is 6.07. The minimum Gasteiger partial charge on any atom is -0.287 e. The normalized spacial score (nSPS) is 10.4. The molecule has 51 valence electrons. The van der Waals surface area contributed by atoms with Crippen molar-refractivity contribution in [2.45, 2.75) is 33.1 Å². The van der Waals surface area contributed by atoms with E-state index in [1.54, 1.807) is 6.92 Å². The molecule has 1 radical (unpaired) electrons. The Balaban J connectivity index is 3.15. The van der Waals surface area contributed by atoms with Crippen molar-refractivity contribution in [3.05, 3.63) is 0 Å². The molecule has 0 aliphatic rings. The summed E-state index contributed by atoms with van der Waals surface area (Å²) in [5.74, 6) is 0.339. The third-order valence-electron chi connectivity index (χ3n) is 0.889. The molecule has 0 rings (SSSR count). The van der Waals surface area contributed by atoms with Crippen molar-refractivity contribution in [2.24, 2.45) is 4.99 Å². The van der Waals surface area contributed by atoms with E-state index in [0.717, 1.165) is 12.8 Å². The zero-order chi connectivity index (χ0) is 7.11. The van der Waals surface area contributed by atoms with Gasteiger partial charge >= 0.3 is 0 Å². The van der Waals surface area contributed by atoms with E-state index >= 15 is 0 Å². The molecule has 0 heterocycles. The van der Waals surface area contributed by atoms with Gasteiger partial charge in [-0.15, -0.1) is 0 Å². The molecule has 0 aliphatic heterocycles. The highest BCUT2D eigenvalue weighted by molar-refractivity contribution is 5.84. The van der Waals surface area contributed by atoms with Gasteiger partial charge in [0.15, 0.2) is 0 Å². The predicted octanol–water partition coefficient (Wildman–Crippen LogP) is 2.12. The third-order valence-corrected chi connectivity index (χ3v) is 0.889. The Bertz CT molecular complexity index is 105. The van der Waals surface area contributed by atoms with Crippen molar-refractivity contribution >= 4 is 12.1 Å². The van der Waals surface area contributed by atoms with Gasteiger partial charge < -0.3 is 0 Å². The maximum atomic E-state index is 6.90. The third kappa shape index (κ3) is 7.34. The van der Waals surface area contributed by atoms with Crippen LogP contribution in [-0.2, 0) is 0 Å². The smallest absolute Gasteiger partial charge is 0.117 e. The topological polar surface area (TPSA) is 36.2 Å². The summed E-state index contributed by atoms with van der Waals surface area (Å²) in [6, 6.07) is 0. The number of rotatable bonds is 3. The molecule has 0 atom stereocenters. The van der Waals surface area contributed by atoms with Gasteiger partial charge in [0, 0.05) is 0 Å². The monoisotopic (exact) mass is 125 g/mol. The number of hydrogen-bond acceptors (Lipinski definition) is 1. The Kier molecular flexibility index (Phi) is 5.07. The van der Waals surface area contributed by atoms with Gasteiger partial charge in [-0.2, -0.15) is 0 Å². The Labute approximate surface area is 56.5 Å². The van der Waals surface area contributed by atoms with Crippen LogP contribution in [0.1, 0.15) is 33.1 Å². The molecular weight excluding hydrogens is 112 g/mol. The lowest BCUT2D eigenvalue weighted by atomic mass is 10.3. The number of nitrogens with zero attached hydrogens (tertiary/aromatic N) is 1. The molecule has 2 heteroatoms. The van der Waals surface area contributed by atoms with Crippen LogP contribution in [0.3, 0.4) is 0 Å². The molecule has 9 heavy (non-hydrogen) atoms. The highest BCUT2D eigenvalue weighted by Gasteiger charge is 1.79. The van der Waals surface area contributed by atoms with Gasteiger partial charge in [-0.3, -0.25) is 5.41 Å². The molecule has 0 unspecified atom stereocenters. The van der Waals surface area contributed by atoms with Crippen LogP contribution in [0.5, 0.6) is 0 Å². The van der Waals surface area contributed by atoms with Crippen molar-refractivity contribution in [3.8, 4) is 0 Å². The summed E-state index contributed by atoms with van der Waals surface area (Å²) in [4.78, 5) is 3.70. The van der Waals surface area contributed by atoms with Gasteiger partial charge in [0.2, 0.25) is 0 Å². The van der Waals surface area contributed by atoms with E-state index in [1.165, 1.54) is 6.42 Å². The Morgan fingerprint density at radius 2 is 2.33 bits per heavy atom. The van der Waals surface area contributed by atoms with Crippen LogP contribution in [-0.4, -0.2) is 12.1 Å². The lowest BCUT2D eigenvalue weighted by molar-refractivity contribution is 0.843. The second kappa shape index (κ2) is 5.48. The molecule has 0 saturated carbocycles. The summed E-state index contributed by atoms with van der Waals surface area (Å²) in [5, 5.41) is 6.90. The van der Waals surface area contributed by atoms with Gasteiger partial charge in [0.1, 0.15) is 5.84 Å². The van der Waals surface area contributed by atoms with Crippen molar-refractivity contribution in [1.29, 1.82) is 5.41 Å². The number of amidine groups is 1. The van der Waals surface area contributed by atoms with Crippen LogP contribution in [0, 0.1) is 5.41 Å². The quantitative estimate of drug-likeness (QED) is 0.341. The lowest BCUT2D eigenvalue weighted by Crippen LogP contribution is -1.82. The minimum absolute atomic E-state index is 0.339. The van der Waals surface area contributed by atoms with E-state index in [1.807, 2.05) is 0 Å². The largest absolute Gasteiger partial charge is 0.287 e. The van der Waals surface area contributed by atoms with Gasteiger partial charge in [-0.05, 0) is 19.8 Å². The van der Waals surface area contributed by atoms with Gasteiger partial charge in [0.25, 0.3) is 0 Å².